The summed E-state index contributed by atoms with van der Waals surface area (Å²) in [5.74, 6) is 0. The number of rotatable bonds is 0. The van der Waals surface area contributed by atoms with Crippen molar-refractivity contribution in [2.75, 3.05) is 0 Å². The van der Waals surface area contributed by atoms with Gasteiger partial charge in [0.1, 0.15) is 0 Å². The van der Waals surface area contributed by atoms with Crippen LogP contribution in [-0.4, -0.2) is 0 Å². The molecule has 0 atom stereocenters. The summed E-state index contributed by atoms with van der Waals surface area (Å²) in [6.07, 6.45) is 0. The minimum Gasteiger partial charge on any atom is -0.0776 e. The van der Waals surface area contributed by atoms with Crippen molar-refractivity contribution in [3.63, 3.8) is 0 Å². The first-order valence-electron chi connectivity index (χ1n) is 0. The van der Waals surface area contributed by atoms with Crippen LogP contribution in [0.3, 0.4) is 0 Å². The third-order valence-electron chi connectivity index (χ3n) is 0. The fourth-order valence-electron chi connectivity index (χ4n) is 0. The summed E-state index contributed by atoms with van der Waals surface area (Å²) in [5.41, 5.74) is 0. The molecular formula is CH4CrFeV. The van der Waals surface area contributed by atoms with Gasteiger partial charge in [0.15, 0.2) is 0 Å². The van der Waals surface area contributed by atoms with E-state index in [0.29, 0.717) is 0 Å². The van der Waals surface area contributed by atoms with Gasteiger partial charge in [-0.15, -0.1) is 0 Å². The second-order valence-corrected chi connectivity index (χ2v) is 0. The van der Waals surface area contributed by atoms with Crippen LogP contribution >= 0.6 is 0 Å². The summed E-state index contributed by atoms with van der Waals surface area (Å²) in [6, 6.07) is 0. The Balaban J connectivity index is 0. The van der Waals surface area contributed by atoms with Crippen molar-refractivity contribution in [2.24, 2.45) is 0 Å². The van der Waals surface area contributed by atoms with Gasteiger partial charge in [-0.05, 0) is 0 Å². The summed E-state index contributed by atoms with van der Waals surface area (Å²) in [7, 11) is 0. The molecule has 4 heavy (non-hydrogen) atoms. The quantitative estimate of drug-likeness (QED) is 0.473. The zero-order valence-electron chi connectivity index (χ0n) is 1.21. The Morgan fingerprint density at radius 2 is 1.00 bits per heavy atom. The van der Waals surface area contributed by atoms with Crippen molar-refractivity contribution >= 4 is 0 Å². The molecule has 0 amide bonds. The van der Waals surface area contributed by atoms with Crippen molar-refractivity contribution in [3.05, 3.63) is 0 Å². The van der Waals surface area contributed by atoms with Crippen molar-refractivity contribution in [3.8, 4) is 0 Å². The maximum Gasteiger partial charge on any atom is 0 e. The minimum absolute atomic E-state index is 0. The molecule has 0 N–H and O–H groups in total. The van der Waals surface area contributed by atoms with E-state index in [9.17, 15) is 0 Å². The Kier molecular flexibility index (Phi) is 259. The normalized spacial score (nSPS) is 0. The van der Waals surface area contributed by atoms with Gasteiger partial charge >= 0.3 is 0 Å². The van der Waals surface area contributed by atoms with E-state index in [1.807, 2.05) is 0 Å². The topological polar surface area (TPSA) is 0 Å². The maximum absolute atomic E-state index is 0. The van der Waals surface area contributed by atoms with Gasteiger partial charge in [-0.2, -0.15) is 0 Å². The van der Waals surface area contributed by atoms with Crippen LogP contribution in [0.25, 0.3) is 0 Å². The van der Waals surface area contributed by atoms with Crippen LogP contribution in [0.4, 0.5) is 0 Å². The molecule has 3 heteroatoms. The standard InChI is InChI=1S/CH4.Cr.Fe.V/h1H4;;;. The zero-order valence-corrected chi connectivity index (χ0v) is 4.98. The average Bonchev–Trinajstić information content (AvgIpc) is 0. The molecule has 0 fully saturated rings. The Labute approximate surface area is 60.2 Å². The monoisotopic (exact) mass is 175 g/mol. The van der Waals surface area contributed by atoms with E-state index >= 15 is 0 Å². The van der Waals surface area contributed by atoms with Crippen molar-refractivity contribution in [2.45, 2.75) is 7.43 Å². The molecule has 0 aromatic heterocycles. The smallest absolute Gasteiger partial charge is 0 e. The van der Waals surface area contributed by atoms with Gasteiger partial charge in [0.2, 0.25) is 0 Å². The SMILES string of the molecule is C.[Cr].[Fe].[V]. The van der Waals surface area contributed by atoms with Crippen molar-refractivity contribution in [1.29, 1.82) is 0 Å². The molecule has 0 rings (SSSR count). The van der Waals surface area contributed by atoms with E-state index in [1.54, 1.807) is 0 Å². The van der Waals surface area contributed by atoms with Crippen LogP contribution in [0.1, 0.15) is 7.43 Å². The first kappa shape index (κ1) is 45.2. The number of hydrogen-bond acceptors (Lipinski definition) is 0. The van der Waals surface area contributed by atoms with E-state index < -0.39 is 0 Å². The van der Waals surface area contributed by atoms with Gasteiger partial charge in [0.25, 0.3) is 0 Å². The Morgan fingerprint density at radius 1 is 1.00 bits per heavy atom. The molecule has 0 bridgehead atoms. The van der Waals surface area contributed by atoms with Gasteiger partial charge in [0, 0.05) is 53.0 Å². The molecule has 0 saturated carbocycles. The van der Waals surface area contributed by atoms with Crippen LogP contribution in [0, 0.1) is 0 Å². The molecule has 27 valence electrons. The fraction of sp³-hybridized carbons (Fsp3) is 1.00. The molecule has 0 unspecified atom stereocenters. The molecule has 0 aromatic rings. The third-order valence-corrected chi connectivity index (χ3v) is 0. The van der Waals surface area contributed by atoms with E-state index in [2.05, 4.69) is 0 Å². The number of hydrogen-bond donors (Lipinski definition) is 0. The summed E-state index contributed by atoms with van der Waals surface area (Å²) in [5, 5.41) is 0. The summed E-state index contributed by atoms with van der Waals surface area (Å²) < 4.78 is 0. The van der Waals surface area contributed by atoms with E-state index in [1.165, 1.54) is 0 Å². The molecule has 0 aliphatic carbocycles. The van der Waals surface area contributed by atoms with E-state index in [4.69, 9.17) is 0 Å². The predicted octanol–water partition coefficient (Wildman–Crippen LogP) is 0.629. The van der Waals surface area contributed by atoms with E-state index in [-0.39, 0.29) is 60.4 Å². The summed E-state index contributed by atoms with van der Waals surface area (Å²) >= 11 is 0. The fourth-order valence-corrected chi connectivity index (χ4v) is 0. The second-order valence-electron chi connectivity index (χ2n) is 0. The van der Waals surface area contributed by atoms with E-state index in [0.717, 1.165) is 0 Å². The van der Waals surface area contributed by atoms with Gasteiger partial charge in [-0.25, -0.2) is 0 Å². The van der Waals surface area contributed by atoms with Crippen LogP contribution < -0.4 is 0 Å². The van der Waals surface area contributed by atoms with Crippen LogP contribution in [0.15, 0.2) is 0 Å². The first-order chi connectivity index (χ1) is 0. The molecular weight excluding hydrogens is 171 g/mol. The Bertz CT molecular complexity index is 8.00. The Hall–Kier alpha value is 1.64. The molecule has 0 aliphatic rings. The van der Waals surface area contributed by atoms with Crippen LogP contribution in [-0.2, 0) is 53.0 Å². The minimum atomic E-state index is 0. The van der Waals surface area contributed by atoms with Gasteiger partial charge < -0.3 is 0 Å². The van der Waals surface area contributed by atoms with Gasteiger partial charge in [-0.3, -0.25) is 0 Å². The second kappa shape index (κ2) is 22.9. The van der Waals surface area contributed by atoms with Crippen molar-refractivity contribution in [1.82, 2.24) is 0 Å². The zero-order chi connectivity index (χ0) is 0. The summed E-state index contributed by atoms with van der Waals surface area (Å²) in [6.45, 7) is 0. The predicted molar refractivity (Wildman–Crippen MR) is 6.73 cm³/mol. The molecule has 1 radical (unpaired) electrons. The Morgan fingerprint density at radius 3 is 1.00 bits per heavy atom. The first-order valence-corrected chi connectivity index (χ1v) is 0. The molecule has 0 saturated heterocycles. The van der Waals surface area contributed by atoms with Crippen LogP contribution in [0.2, 0.25) is 0 Å². The maximum atomic E-state index is 0. The average molecular weight is 175 g/mol. The molecule has 0 aliphatic heterocycles. The third kappa shape index (κ3) is 9.44. The largest absolute Gasteiger partial charge is 0.0776 e. The molecule has 0 aromatic carbocycles. The molecule has 0 spiro atoms. The van der Waals surface area contributed by atoms with Crippen LogP contribution in [0.5, 0.6) is 0 Å². The van der Waals surface area contributed by atoms with Gasteiger partial charge in [0.05, 0.1) is 0 Å². The van der Waals surface area contributed by atoms with Gasteiger partial charge in [-0.1, -0.05) is 7.43 Å². The molecule has 0 nitrogen and oxygen atoms in total. The summed E-state index contributed by atoms with van der Waals surface area (Å²) in [4.78, 5) is 0. The van der Waals surface area contributed by atoms with Crippen molar-refractivity contribution < 1.29 is 53.0 Å². The molecule has 0 heterocycles.